The Labute approximate surface area is 70.6 Å². The maximum Gasteiger partial charge on any atom is 0.0879 e. The molecule has 0 saturated heterocycles. The lowest BCUT2D eigenvalue weighted by molar-refractivity contribution is 0.266. The smallest absolute Gasteiger partial charge is 0.0879 e. The average Bonchev–Trinajstić information content (AvgIpc) is 2.38. The molecule has 0 spiro atoms. The zero-order chi connectivity index (χ0) is 8.97. The molecule has 0 fully saturated rings. The van der Waals surface area contributed by atoms with Gasteiger partial charge in [0.15, 0.2) is 0 Å². The maximum atomic E-state index is 8.66. The summed E-state index contributed by atoms with van der Waals surface area (Å²) in [6.45, 7) is 2.48. The van der Waals surface area contributed by atoms with Crippen molar-refractivity contribution in [2.75, 3.05) is 13.2 Å². The molecular formula is C7H13N3O2. The van der Waals surface area contributed by atoms with Crippen molar-refractivity contribution in [3.63, 3.8) is 0 Å². The summed E-state index contributed by atoms with van der Waals surface area (Å²) >= 11 is 0. The lowest BCUT2D eigenvalue weighted by Gasteiger charge is -1.99. The summed E-state index contributed by atoms with van der Waals surface area (Å²) < 4.78 is 1.63. The summed E-state index contributed by atoms with van der Waals surface area (Å²) in [5.41, 5.74) is 1.71. The van der Waals surface area contributed by atoms with Crippen molar-refractivity contribution >= 4 is 0 Å². The quantitative estimate of drug-likeness (QED) is 0.616. The molecule has 0 aromatic carbocycles. The first kappa shape index (κ1) is 9.15. The number of hydrogen-bond acceptors (Lipinski definition) is 4. The molecule has 0 aliphatic rings. The second kappa shape index (κ2) is 4.18. The van der Waals surface area contributed by atoms with E-state index in [4.69, 9.17) is 10.2 Å². The average molecular weight is 171 g/mol. The molecular weight excluding hydrogens is 158 g/mol. The predicted octanol–water partition coefficient (Wildman–Crippen LogP) is -0.886. The Morgan fingerprint density at radius 1 is 1.33 bits per heavy atom. The van der Waals surface area contributed by atoms with Crippen LogP contribution in [0.3, 0.4) is 0 Å². The van der Waals surface area contributed by atoms with Gasteiger partial charge in [-0.15, -0.1) is 5.10 Å². The fourth-order valence-electron chi connectivity index (χ4n) is 1.04. The van der Waals surface area contributed by atoms with E-state index >= 15 is 0 Å². The van der Waals surface area contributed by atoms with Crippen LogP contribution in [0.4, 0.5) is 0 Å². The third-order valence-corrected chi connectivity index (χ3v) is 1.74. The van der Waals surface area contributed by atoms with Crippen molar-refractivity contribution in [2.24, 2.45) is 0 Å². The Morgan fingerprint density at radius 3 is 2.67 bits per heavy atom. The third kappa shape index (κ3) is 1.80. The largest absolute Gasteiger partial charge is 0.396 e. The number of rotatable bonds is 4. The summed E-state index contributed by atoms with van der Waals surface area (Å²) in [6, 6.07) is 0. The summed E-state index contributed by atoms with van der Waals surface area (Å²) in [5.74, 6) is 0. The first-order valence-electron chi connectivity index (χ1n) is 3.90. The minimum atomic E-state index is 0.0583. The topological polar surface area (TPSA) is 71.2 Å². The molecule has 0 unspecified atom stereocenters. The Kier molecular flexibility index (Phi) is 3.19. The molecule has 0 radical (unpaired) electrons. The van der Waals surface area contributed by atoms with Gasteiger partial charge in [0.1, 0.15) is 0 Å². The van der Waals surface area contributed by atoms with Gasteiger partial charge in [-0.25, -0.2) is 4.68 Å². The van der Waals surface area contributed by atoms with E-state index in [-0.39, 0.29) is 13.2 Å². The first-order chi connectivity index (χ1) is 5.79. The van der Waals surface area contributed by atoms with Gasteiger partial charge < -0.3 is 10.2 Å². The van der Waals surface area contributed by atoms with Crippen molar-refractivity contribution in [1.82, 2.24) is 15.0 Å². The Hall–Kier alpha value is -0.940. The number of hydrogen-bond donors (Lipinski definition) is 2. The van der Waals surface area contributed by atoms with Crippen molar-refractivity contribution in [3.05, 3.63) is 11.4 Å². The lowest BCUT2D eigenvalue weighted by Crippen LogP contribution is -2.06. The molecule has 0 amide bonds. The van der Waals surface area contributed by atoms with Gasteiger partial charge in [-0.1, -0.05) is 5.21 Å². The molecule has 1 aromatic heterocycles. The van der Waals surface area contributed by atoms with E-state index in [1.807, 2.05) is 6.92 Å². The van der Waals surface area contributed by atoms with Crippen LogP contribution >= 0.6 is 0 Å². The van der Waals surface area contributed by atoms with Crippen molar-refractivity contribution in [1.29, 1.82) is 0 Å². The molecule has 0 saturated carbocycles. The van der Waals surface area contributed by atoms with Crippen LogP contribution in [0.2, 0.25) is 0 Å². The summed E-state index contributed by atoms with van der Waals surface area (Å²) in [7, 11) is 0. The minimum Gasteiger partial charge on any atom is -0.396 e. The second-order valence-electron chi connectivity index (χ2n) is 2.54. The standard InChI is InChI=1S/C7H13N3O2/c1-6-7(2-4-11)8-9-10(6)3-5-12/h11-12H,2-5H2,1H3. The van der Waals surface area contributed by atoms with Gasteiger partial charge in [0.05, 0.1) is 24.5 Å². The minimum absolute atomic E-state index is 0.0583. The van der Waals surface area contributed by atoms with Gasteiger partial charge in [0.2, 0.25) is 0 Å². The lowest BCUT2D eigenvalue weighted by atomic mass is 10.3. The molecule has 1 heterocycles. The number of aliphatic hydroxyl groups excluding tert-OH is 2. The Bertz CT molecular complexity index is 223. The summed E-state index contributed by atoms with van der Waals surface area (Å²) in [6.07, 6.45) is 0.525. The predicted molar refractivity (Wildman–Crippen MR) is 42.6 cm³/mol. The van der Waals surface area contributed by atoms with Crippen molar-refractivity contribution < 1.29 is 10.2 Å². The van der Waals surface area contributed by atoms with E-state index in [1.165, 1.54) is 0 Å². The highest BCUT2D eigenvalue weighted by molar-refractivity contribution is 5.07. The third-order valence-electron chi connectivity index (χ3n) is 1.74. The fraction of sp³-hybridized carbons (Fsp3) is 0.714. The van der Waals surface area contributed by atoms with Crippen LogP contribution in [0.1, 0.15) is 11.4 Å². The van der Waals surface area contributed by atoms with Crippen LogP contribution in [-0.4, -0.2) is 38.4 Å². The number of nitrogens with zero attached hydrogens (tertiary/aromatic N) is 3. The second-order valence-corrected chi connectivity index (χ2v) is 2.54. The molecule has 0 bridgehead atoms. The van der Waals surface area contributed by atoms with Crippen molar-refractivity contribution in [2.45, 2.75) is 19.9 Å². The van der Waals surface area contributed by atoms with E-state index in [9.17, 15) is 0 Å². The van der Waals surface area contributed by atoms with E-state index in [2.05, 4.69) is 10.3 Å². The van der Waals surface area contributed by atoms with Gasteiger partial charge in [0.25, 0.3) is 0 Å². The highest BCUT2D eigenvalue weighted by Gasteiger charge is 2.06. The van der Waals surface area contributed by atoms with Crippen LogP contribution < -0.4 is 0 Å². The monoisotopic (exact) mass is 171 g/mol. The molecule has 12 heavy (non-hydrogen) atoms. The molecule has 1 rings (SSSR count). The Balaban J connectivity index is 2.74. The molecule has 0 aliphatic carbocycles. The normalized spacial score (nSPS) is 10.6. The summed E-state index contributed by atoms with van der Waals surface area (Å²) in [4.78, 5) is 0. The summed E-state index contributed by atoms with van der Waals surface area (Å²) in [5, 5.41) is 25.0. The van der Waals surface area contributed by atoms with E-state index in [0.29, 0.717) is 13.0 Å². The fourth-order valence-corrected chi connectivity index (χ4v) is 1.04. The van der Waals surface area contributed by atoms with Gasteiger partial charge >= 0.3 is 0 Å². The van der Waals surface area contributed by atoms with Gasteiger partial charge in [0, 0.05) is 13.0 Å². The molecule has 0 aliphatic heterocycles. The van der Waals surface area contributed by atoms with Gasteiger partial charge in [-0.3, -0.25) is 0 Å². The molecule has 0 atom stereocenters. The SMILES string of the molecule is Cc1c(CCO)nnn1CCO. The maximum absolute atomic E-state index is 8.66. The van der Waals surface area contributed by atoms with Crippen LogP contribution in [0.25, 0.3) is 0 Å². The van der Waals surface area contributed by atoms with E-state index in [1.54, 1.807) is 4.68 Å². The highest BCUT2D eigenvalue weighted by Crippen LogP contribution is 2.03. The number of aliphatic hydroxyl groups is 2. The van der Waals surface area contributed by atoms with Gasteiger partial charge in [-0.05, 0) is 6.92 Å². The van der Waals surface area contributed by atoms with Crippen LogP contribution in [0, 0.1) is 6.92 Å². The van der Waals surface area contributed by atoms with Crippen LogP contribution in [0.15, 0.2) is 0 Å². The van der Waals surface area contributed by atoms with Gasteiger partial charge in [-0.2, -0.15) is 0 Å². The van der Waals surface area contributed by atoms with Crippen LogP contribution in [0.5, 0.6) is 0 Å². The van der Waals surface area contributed by atoms with E-state index < -0.39 is 0 Å². The number of aromatic nitrogens is 3. The van der Waals surface area contributed by atoms with Crippen molar-refractivity contribution in [3.8, 4) is 0 Å². The van der Waals surface area contributed by atoms with E-state index in [0.717, 1.165) is 11.4 Å². The zero-order valence-corrected chi connectivity index (χ0v) is 7.06. The molecule has 1 aromatic rings. The van der Waals surface area contributed by atoms with Crippen LogP contribution in [-0.2, 0) is 13.0 Å². The molecule has 5 nitrogen and oxygen atoms in total. The highest BCUT2D eigenvalue weighted by atomic mass is 16.3. The molecule has 2 N–H and O–H groups in total. The molecule has 5 heteroatoms. The zero-order valence-electron chi connectivity index (χ0n) is 7.06. The molecule has 68 valence electrons. The first-order valence-corrected chi connectivity index (χ1v) is 3.90. The Morgan fingerprint density at radius 2 is 2.08 bits per heavy atom.